The van der Waals surface area contributed by atoms with E-state index < -0.39 is 0 Å². The molecule has 0 spiro atoms. The Balaban J connectivity index is 1.65. The summed E-state index contributed by atoms with van der Waals surface area (Å²) in [5, 5.41) is 8.19. The number of thiazole rings is 1. The number of nitrogens with zero attached hydrogens (tertiary/aromatic N) is 1. The second-order valence-corrected chi connectivity index (χ2v) is 6.63. The summed E-state index contributed by atoms with van der Waals surface area (Å²) in [5.41, 5.74) is 2.51. The van der Waals surface area contributed by atoms with Crippen LogP contribution >= 0.6 is 11.3 Å². The first-order valence-electron chi connectivity index (χ1n) is 7.91. The summed E-state index contributed by atoms with van der Waals surface area (Å²) in [7, 11) is 0. The molecule has 5 nitrogen and oxygen atoms in total. The van der Waals surface area contributed by atoms with Crippen LogP contribution in [0.2, 0.25) is 0 Å². The minimum absolute atomic E-state index is 0.0410. The van der Waals surface area contributed by atoms with Crippen molar-refractivity contribution in [1.82, 2.24) is 4.98 Å². The van der Waals surface area contributed by atoms with E-state index in [1.807, 2.05) is 29.6 Å². The molecule has 6 heteroatoms. The van der Waals surface area contributed by atoms with Gasteiger partial charge in [0.1, 0.15) is 0 Å². The Kier molecular flexibility index (Phi) is 5.05. The third-order valence-electron chi connectivity index (χ3n) is 3.88. The van der Waals surface area contributed by atoms with Crippen molar-refractivity contribution in [2.24, 2.45) is 5.92 Å². The molecule has 2 amide bonds. The highest BCUT2D eigenvalue weighted by atomic mass is 32.1. The van der Waals surface area contributed by atoms with Gasteiger partial charge in [0, 0.05) is 29.5 Å². The summed E-state index contributed by atoms with van der Waals surface area (Å²) in [6, 6.07) is 7.47. The zero-order chi connectivity index (χ0) is 16.9. The largest absolute Gasteiger partial charge is 0.326 e. The standard InChI is InChI=1S/C18H19N3O2S/c1-12(22)19-15-9-7-13(8-10-15)16-11-24-18(20-16)21-17(23)14-5-3-2-4-6-14/h2-3,7-11,14H,4-6H2,1H3,(H,19,22)(H,20,21,23). The van der Waals surface area contributed by atoms with Gasteiger partial charge in [0.05, 0.1) is 5.69 Å². The van der Waals surface area contributed by atoms with Crippen LogP contribution in [0.25, 0.3) is 11.3 Å². The van der Waals surface area contributed by atoms with Gasteiger partial charge in [-0.1, -0.05) is 24.3 Å². The summed E-state index contributed by atoms with van der Waals surface area (Å²) in [6.07, 6.45) is 6.84. The maximum Gasteiger partial charge on any atom is 0.229 e. The van der Waals surface area contributed by atoms with Gasteiger partial charge >= 0.3 is 0 Å². The molecule has 1 unspecified atom stereocenters. The van der Waals surface area contributed by atoms with Gasteiger partial charge in [-0.2, -0.15) is 0 Å². The van der Waals surface area contributed by atoms with Crippen molar-refractivity contribution in [2.45, 2.75) is 26.2 Å². The van der Waals surface area contributed by atoms with Crippen LogP contribution in [0.4, 0.5) is 10.8 Å². The average molecular weight is 341 g/mol. The van der Waals surface area contributed by atoms with Gasteiger partial charge in [0.25, 0.3) is 0 Å². The number of anilines is 2. The van der Waals surface area contributed by atoms with Crippen molar-refractivity contribution in [1.29, 1.82) is 0 Å². The predicted octanol–water partition coefficient (Wildman–Crippen LogP) is 4.06. The summed E-state index contributed by atoms with van der Waals surface area (Å²) >= 11 is 1.42. The lowest BCUT2D eigenvalue weighted by molar-refractivity contribution is -0.120. The fourth-order valence-electron chi connectivity index (χ4n) is 2.63. The molecule has 1 aliphatic rings. The summed E-state index contributed by atoms with van der Waals surface area (Å²) in [6.45, 7) is 1.48. The number of carbonyl (C=O) groups excluding carboxylic acids is 2. The molecule has 1 heterocycles. The van der Waals surface area contributed by atoms with E-state index in [4.69, 9.17) is 0 Å². The number of nitrogens with one attached hydrogen (secondary N) is 2. The minimum Gasteiger partial charge on any atom is -0.326 e. The zero-order valence-corrected chi connectivity index (χ0v) is 14.2. The predicted molar refractivity (Wildman–Crippen MR) is 97.0 cm³/mol. The van der Waals surface area contributed by atoms with E-state index in [0.717, 1.165) is 36.2 Å². The number of carbonyl (C=O) groups is 2. The van der Waals surface area contributed by atoms with Crippen LogP contribution in [0.15, 0.2) is 41.8 Å². The van der Waals surface area contributed by atoms with E-state index in [1.54, 1.807) is 0 Å². The van der Waals surface area contributed by atoms with Gasteiger partial charge in [-0.3, -0.25) is 9.59 Å². The Morgan fingerprint density at radius 1 is 1.17 bits per heavy atom. The van der Waals surface area contributed by atoms with E-state index >= 15 is 0 Å². The quantitative estimate of drug-likeness (QED) is 0.824. The molecular weight excluding hydrogens is 322 g/mol. The molecule has 2 N–H and O–H groups in total. The lowest BCUT2D eigenvalue weighted by atomic mass is 9.94. The monoisotopic (exact) mass is 341 g/mol. The van der Waals surface area contributed by atoms with Crippen LogP contribution in [0.3, 0.4) is 0 Å². The highest BCUT2D eigenvalue weighted by molar-refractivity contribution is 7.14. The normalized spacial score (nSPS) is 16.6. The highest BCUT2D eigenvalue weighted by Crippen LogP contribution is 2.27. The Bertz CT molecular complexity index is 765. The third-order valence-corrected chi connectivity index (χ3v) is 4.63. The molecule has 3 rings (SSSR count). The minimum atomic E-state index is -0.0982. The number of allylic oxidation sites excluding steroid dienone is 2. The van der Waals surface area contributed by atoms with Crippen molar-refractivity contribution in [3.8, 4) is 11.3 Å². The first kappa shape index (κ1) is 16.4. The number of aromatic nitrogens is 1. The van der Waals surface area contributed by atoms with Crippen LogP contribution in [-0.2, 0) is 9.59 Å². The molecule has 24 heavy (non-hydrogen) atoms. The third kappa shape index (κ3) is 4.08. The van der Waals surface area contributed by atoms with Gasteiger partial charge < -0.3 is 10.6 Å². The smallest absolute Gasteiger partial charge is 0.229 e. The molecule has 0 fully saturated rings. The fourth-order valence-corrected chi connectivity index (χ4v) is 3.35. The second-order valence-electron chi connectivity index (χ2n) is 5.77. The van der Waals surface area contributed by atoms with Crippen LogP contribution in [0.5, 0.6) is 0 Å². The van der Waals surface area contributed by atoms with Crippen LogP contribution in [0, 0.1) is 5.92 Å². The summed E-state index contributed by atoms with van der Waals surface area (Å²) in [5.74, 6) is -0.0143. The molecule has 2 aromatic rings. The molecule has 0 radical (unpaired) electrons. The lowest BCUT2D eigenvalue weighted by Crippen LogP contribution is -2.23. The van der Waals surface area contributed by atoms with Crippen molar-refractivity contribution in [2.75, 3.05) is 10.6 Å². The topological polar surface area (TPSA) is 71.1 Å². The van der Waals surface area contributed by atoms with Crippen molar-refractivity contribution in [3.05, 3.63) is 41.8 Å². The SMILES string of the molecule is CC(=O)Nc1ccc(-c2csc(NC(=O)C3CC=CCC3)n2)cc1. The molecule has 1 aromatic heterocycles. The highest BCUT2D eigenvalue weighted by Gasteiger charge is 2.19. The van der Waals surface area contributed by atoms with Crippen molar-refractivity contribution in [3.63, 3.8) is 0 Å². The van der Waals surface area contributed by atoms with Crippen LogP contribution < -0.4 is 10.6 Å². The van der Waals surface area contributed by atoms with Crippen LogP contribution in [-0.4, -0.2) is 16.8 Å². The molecule has 1 aliphatic carbocycles. The number of hydrogen-bond donors (Lipinski definition) is 2. The number of rotatable bonds is 4. The van der Waals surface area contributed by atoms with Gasteiger partial charge in [-0.25, -0.2) is 4.98 Å². The van der Waals surface area contributed by atoms with E-state index in [9.17, 15) is 9.59 Å². The number of hydrogen-bond acceptors (Lipinski definition) is 4. The first-order valence-corrected chi connectivity index (χ1v) is 8.79. The molecular formula is C18H19N3O2S. The second kappa shape index (κ2) is 7.40. The average Bonchev–Trinajstić information content (AvgIpc) is 3.04. The maximum absolute atomic E-state index is 12.2. The molecule has 0 saturated heterocycles. The maximum atomic E-state index is 12.2. The number of benzene rings is 1. The Morgan fingerprint density at radius 3 is 2.62 bits per heavy atom. The van der Waals surface area contributed by atoms with Crippen molar-refractivity contribution >= 4 is 34.0 Å². The Labute approximate surface area is 144 Å². The van der Waals surface area contributed by atoms with Gasteiger partial charge in [0.15, 0.2) is 5.13 Å². The molecule has 0 bridgehead atoms. The lowest BCUT2D eigenvalue weighted by Gasteiger charge is -2.15. The molecule has 1 aromatic carbocycles. The first-order chi connectivity index (χ1) is 11.6. The molecule has 0 saturated carbocycles. The molecule has 0 aliphatic heterocycles. The van der Waals surface area contributed by atoms with Crippen molar-refractivity contribution < 1.29 is 9.59 Å². The van der Waals surface area contributed by atoms with Gasteiger partial charge in [-0.15, -0.1) is 11.3 Å². The van der Waals surface area contributed by atoms with E-state index in [0.29, 0.717) is 5.13 Å². The van der Waals surface area contributed by atoms with E-state index in [-0.39, 0.29) is 17.7 Å². The van der Waals surface area contributed by atoms with Gasteiger partial charge in [0.2, 0.25) is 11.8 Å². The number of amides is 2. The summed E-state index contributed by atoms with van der Waals surface area (Å²) < 4.78 is 0. The zero-order valence-electron chi connectivity index (χ0n) is 13.4. The molecule has 124 valence electrons. The van der Waals surface area contributed by atoms with E-state index in [1.165, 1.54) is 18.3 Å². The molecule has 1 atom stereocenters. The summed E-state index contributed by atoms with van der Waals surface area (Å²) in [4.78, 5) is 27.8. The van der Waals surface area contributed by atoms with Gasteiger partial charge in [-0.05, 0) is 31.4 Å². The fraction of sp³-hybridized carbons (Fsp3) is 0.278. The Hall–Kier alpha value is -2.47. The van der Waals surface area contributed by atoms with Crippen LogP contribution in [0.1, 0.15) is 26.2 Å². The Morgan fingerprint density at radius 2 is 1.96 bits per heavy atom. The van der Waals surface area contributed by atoms with E-state index in [2.05, 4.69) is 27.8 Å².